The van der Waals surface area contributed by atoms with Crippen LogP contribution in [0.25, 0.3) is 0 Å². The van der Waals surface area contributed by atoms with Crippen LogP contribution in [0.3, 0.4) is 0 Å². The molecule has 2 bridgehead atoms. The van der Waals surface area contributed by atoms with Gasteiger partial charge >= 0.3 is 12.1 Å². The average Bonchev–Trinajstić information content (AvgIpc) is 3.49. The van der Waals surface area contributed by atoms with Crippen molar-refractivity contribution in [3.8, 4) is 6.07 Å². The number of esters is 1. The van der Waals surface area contributed by atoms with Gasteiger partial charge in [-0.1, -0.05) is 30.3 Å². The molecule has 3 fully saturated rings. The third-order valence-corrected chi connectivity index (χ3v) is 6.87. The number of likely N-dealkylation sites (tertiary alicyclic amines) is 2. The summed E-state index contributed by atoms with van der Waals surface area (Å²) >= 11 is 0. The summed E-state index contributed by atoms with van der Waals surface area (Å²) in [5.41, 5.74) is -0.0391. The molecule has 2 aliphatic heterocycles. The normalized spacial score (nSPS) is 31.8. The van der Waals surface area contributed by atoms with Gasteiger partial charge in [-0.05, 0) is 39.2 Å². The maximum absolute atomic E-state index is 13.8. The molecule has 10 heteroatoms. The molecule has 3 aliphatic rings. The lowest BCUT2D eigenvalue weighted by atomic mass is 9.93. The summed E-state index contributed by atoms with van der Waals surface area (Å²) in [5.74, 6) is -2.49. The van der Waals surface area contributed by atoms with E-state index in [1.54, 1.807) is 32.9 Å². The van der Waals surface area contributed by atoms with Crippen molar-refractivity contribution in [3.05, 3.63) is 35.9 Å². The minimum absolute atomic E-state index is 0.00809. The average molecular weight is 486 g/mol. The molecule has 0 spiro atoms. The Morgan fingerprint density at radius 2 is 1.80 bits per heavy atom. The lowest BCUT2D eigenvalue weighted by Crippen LogP contribution is -2.62. The summed E-state index contributed by atoms with van der Waals surface area (Å²) in [5, 5.41) is 30.4. The van der Waals surface area contributed by atoms with Crippen molar-refractivity contribution in [2.24, 2.45) is 11.8 Å². The van der Waals surface area contributed by atoms with Crippen LogP contribution in [0.5, 0.6) is 0 Å². The summed E-state index contributed by atoms with van der Waals surface area (Å²) < 4.78 is 10.9. The van der Waals surface area contributed by atoms with Crippen molar-refractivity contribution < 1.29 is 34.1 Å². The molecular formula is C25H31N3O7. The van der Waals surface area contributed by atoms with E-state index < -0.39 is 65.7 Å². The molecule has 1 saturated carbocycles. The highest BCUT2D eigenvalue weighted by Crippen LogP contribution is 2.45. The predicted molar refractivity (Wildman–Crippen MR) is 121 cm³/mol. The van der Waals surface area contributed by atoms with Gasteiger partial charge in [-0.25, -0.2) is 9.59 Å². The molecule has 35 heavy (non-hydrogen) atoms. The van der Waals surface area contributed by atoms with E-state index >= 15 is 0 Å². The molecule has 1 aliphatic carbocycles. The van der Waals surface area contributed by atoms with Gasteiger partial charge in [0.25, 0.3) is 0 Å². The van der Waals surface area contributed by atoms with Gasteiger partial charge in [-0.15, -0.1) is 0 Å². The van der Waals surface area contributed by atoms with Crippen molar-refractivity contribution in [2.75, 3.05) is 6.54 Å². The molecule has 2 N–H and O–H groups in total. The summed E-state index contributed by atoms with van der Waals surface area (Å²) in [4.78, 5) is 42.3. The van der Waals surface area contributed by atoms with E-state index in [0.717, 1.165) is 5.56 Å². The van der Waals surface area contributed by atoms with Gasteiger partial charge in [-0.3, -0.25) is 9.69 Å². The number of hydrogen-bond acceptors (Lipinski definition) is 8. The Hall–Kier alpha value is -3.16. The van der Waals surface area contributed by atoms with Crippen LogP contribution in [0, 0.1) is 23.2 Å². The molecule has 0 radical (unpaired) electrons. The zero-order chi connectivity index (χ0) is 25.5. The quantitative estimate of drug-likeness (QED) is 0.606. The number of nitriles is 1. The minimum Gasteiger partial charge on any atom is -0.458 e. The third kappa shape index (κ3) is 4.83. The van der Waals surface area contributed by atoms with Gasteiger partial charge in [0.1, 0.15) is 30.4 Å². The topological polar surface area (TPSA) is 140 Å². The number of piperidine rings is 1. The first-order chi connectivity index (χ1) is 16.5. The van der Waals surface area contributed by atoms with Crippen LogP contribution in [0.1, 0.15) is 39.2 Å². The number of carbonyl (C=O) groups is 3. The van der Waals surface area contributed by atoms with Crippen LogP contribution < -0.4 is 0 Å². The van der Waals surface area contributed by atoms with Crippen molar-refractivity contribution in [2.45, 2.75) is 76.2 Å². The van der Waals surface area contributed by atoms with Crippen molar-refractivity contribution in [1.29, 1.82) is 5.26 Å². The fraction of sp³-hybridized carbons (Fsp3) is 0.600. The van der Waals surface area contributed by atoms with E-state index in [1.165, 1.54) is 9.80 Å². The number of fused-ring (bicyclic) bond motifs is 2. The second-order valence-corrected chi connectivity index (χ2v) is 10.4. The van der Waals surface area contributed by atoms with E-state index in [9.17, 15) is 29.9 Å². The molecule has 2 heterocycles. The minimum atomic E-state index is -1.21. The highest BCUT2D eigenvalue weighted by Gasteiger charge is 2.62. The van der Waals surface area contributed by atoms with Crippen LogP contribution in [-0.4, -0.2) is 80.5 Å². The maximum Gasteiger partial charge on any atom is 0.410 e. The Morgan fingerprint density at radius 3 is 2.43 bits per heavy atom. The van der Waals surface area contributed by atoms with Crippen molar-refractivity contribution in [1.82, 2.24) is 9.80 Å². The Bertz CT molecular complexity index is 1020. The van der Waals surface area contributed by atoms with Crippen LogP contribution in [-0.2, 0) is 25.7 Å². The first kappa shape index (κ1) is 24.9. The number of ether oxygens (including phenoxy) is 2. The first-order valence-corrected chi connectivity index (χ1v) is 11.8. The summed E-state index contributed by atoms with van der Waals surface area (Å²) in [6.45, 7) is 5.14. The smallest absolute Gasteiger partial charge is 0.410 e. The highest BCUT2D eigenvalue weighted by molar-refractivity contribution is 5.91. The molecule has 0 unspecified atom stereocenters. The fourth-order valence-electron chi connectivity index (χ4n) is 5.34. The summed E-state index contributed by atoms with van der Waals surface area (Å²) in [7, 11) is 0. The standard InChI is InChI=1S/C25H31N3O7/c1-25(2,3)35-23(32)19-16-10-17(21(30)20(16)29)28(19)22(31)18-9-15(11-26)12-27(18)24(33)34-13-14-7-5-4-6-8-14/h4-8,15-21,29-30H,9-10,12-13H2,1-3H3/t15-,16+,17+,18+,19+,20+,21-/m1/s1. The lowest BCUT2D eigenvalue weighted by molar-refractivity contribution is -0.175. The van der Waals surface area contributed by atoms with Gasteiger partial charge < -0.3 is 24.6 Å². The molecule has 4 rings (SSSR count). The molecule has 1 aromatic carbocycles. The molecule has 0 aromatic heterocycles. The predicted octanol–water partition coefficient (Wildman–Crippen LogP) is 1.20. The van der Waals surface area contributed by atoms with Gasteiger partial charge in [-0.2, -0.15) is 5.26 Å². The van der Waals surface area contributed by atoms with E-state index in [2.05, 4.69) is 6.07 Å². The molecule has 2 saturated heterocycles. The molecule has 2 amide bonds. The Labute approximate surface area is 204 Å². The number of aliphatic hydroxyl groups excluding tert-OH is 2. The van der Waals surface area contributed by atoms with E-state index in [1.807, 2.05) is 18.2 Å². The Morgan fingerprint density at radius 1 is 1.11 bits per heavy atom. The zero-order valence-corrected chi connectivity index (χ0v) is 20.0. The molecule has 188 valence electrons. The van der Waals surface area contributed by atoms with Gasteiger partial charge in [0.2, 0.25) is 5.91 Å². The molecular weight excluding hydrogens is 454 g/mol. The summed E-state index contributed by atoms with van der Waals surface area (Å²) in [6.07, 6.45) is -2.78. The van der Waals surface area contributed by atoms with E-state index in [-0.39, 0.29) is 26.0 Å². The number of rotatable bonds is 4. The summed E-state index contributed by atoms with van der Waals surface area (Å²) in [6, 6.07) is 8.28. The van der Waals surface area contributed by atoms with Crippen LogP contribution >= 0.6 is 0 Å². The Balaban J connectivity index is 1.56. The maximum atomic E-state index is 13.8. The molecule has 7 atom stereocenters. The van der Waals surface area contributed by atoms with Crippen LogP contribution in [0.4, 0.5) is 4.79 Å². The zero-order valence-electron chi connectivity index (χ0n) is 20.0. The van der Waals surface area contributed by atoms with Crippen molar-refractivity contribution in [3.63, 3.8) is 0 Å². The first-order valence-electron chi connectivity index (χ1n) is 11.8. The number of carbonyl (C=O) groups excluding carboxylic acids is 3. The Kier molecular flexibility index (Phi) is 6.75. The fourth-order valence-corrected chi connectivity index (χ4v) is 5.34. The van der Waals surface area contributed by atoms with Gasteiger partial charge in [0.15, 0.2) is 0 Å². The second kappa shape index (κ2) is 9.47. The number of aliphatic hydroxyl groups is 2. The third-order valence-electron chi connectivity index (χ3n) is 6.87. The number of nitrogens with zero attached hydrogens (tertiary/aromatic N) is 3. The van der Waals surface area contributed by atoms with E-state index in [0.29, 0.717) is 0 Å². The second-order valence-electron chi connectivity index (χ2n) is 10.4. The van der Waals surface area contributed by atoms with Crippen LogP contribution in [0.15, 0.2) is 30.3 Å². The van der Waals surface area contributed by atoms with Gasteiger partial charge in [0, 0.05) is 12.5 Å². The SMILES string of the molecule is CC(C)(C)OC(=O)[C@@H]1[C@@H]2C[C@@H]([C@@H](O)[C@H]2O)N1C(=O)[C@@H]1C[C@H](C#N)CN1C(=O)OCc1ccccc1. The monoisotopic (exact) mass is 485 g/mol. The molecule has 1 aromatic rings. The van der Waals surface area contributed by atoms with E-state index in [4.69, 9.17) is 9.47 Å². The number of hydrogen-bond donors (Lipinski definition) is 2. The largest absolute Gasteiger partial charge is 0.458 e. The number of amides is 2. The van der Waals surface area contributed by atoms with Gasteiger partial charge in [0.05, 0.1) is 24.1 Å². The van der Waals surface area contributed by atoms with Crippen LogP contribution in [0.2, 0.25) is 0 Å². The molecule has 10 nitrogen and oxygen atoms in total. The van der Waals surface area contributed by atoms with Crippen molar-refractivity contribution >= 4 is 18.0 Å². The lowest BCUT2D eigenvalue weighted by Gasteiger charge is -2.41. The number of benzene rings is 1. The highest BCUT2D eigenvalue weighted by atomic mass is 16.6.